The molecule has 8 heteroatoms. The Hall–Kier alpha value is -3.36. The minimum atomic E-state index is -0.807. The van der Waals surface area contributed by atoms with Crippen molar-refractivity contribution in [1.82, 2.24) is 4.90 Å². The van der Waals surface area contributed by atoms with Crippen LogP contribution in [0.1, 0.15) is 24.5 Å². The molecule has 0 saturated carbocycles. The zero-order chi connectivity index (χ0) is 29.5. The third-order valence-electron chi connectivity index (χ3n) is 9.04. The molecule has 3 heterocycles. The summed E-state index contributed by atoms with van der Waals surface area (Å²) in [5.41, 5.74) is 3.48. The number of anilines is 2. The molecule has 1 spiro atoms. The van der Waals surface area contributed by atoms with Gasteiger partial charge in [0.15, 0.2) is 0 Å². The van der Waals surface area contributed by atoms with Gasteiger partial charge in [-0.1, -0.05) is 55.5 Å². The first-order valence-corrected chi connectivity index (χ1v) is 15.2. The molecule has 0 radical (unpaired) electrons. The summed E-state index contributed by atoms with van der Waals surface area (Å²) >= 11 is 1.64. The van der Waals surface area contributed by atoms with Crippen LogP contribution >= 0.6 is 11.8 Å². The van der Waals surface area contributed by atoms with E-state index in [0.717, 1.165) is 28.9 Å². The first-order valence-electron chi connectivity index (χ1n) is 14.3. The number of nitrogens with zero attached hydrogens (tertiary/aromatic N) is 3. The second-order valence-corrected chi connectivity index (χ2v) is 12.9. The van der Waals surface area contributed by atoms with Crippen LogP contribution in [0.3, 0.4) is 0 Å². The van der Waals surface area contributed by atoms with E-state index in [2.05, 4.69) is 20.1 Å². The number of benzene rings is 2. The fourth-order valence-electron chi connectivity index (χ4n) is 7.47. The molecular formula is C33H39N3O4S. The van der Waals surface area contributed by atoms with Crippen molar-refractivity contribution in [3.63, 3.8) is 0 Å². The van der Waals surface area contributed by atoms with Crippen molar-refractivity contribution in [2.24, 2.45) is 17.8 Å². The van der Waals surface area contributed by atoms with Crippen LogP contribution in [0.4, 0.5) is 11.4 Å². The molecule has 0 aliphatic carbocycles. The number of carbonyl (C=O) groups excluding carboxylic acids is 3. The van der Waals surface area contributed by atoms with Gasteiger partial charge in [0.05, 0.1) is 23.2 Å². The minimum absolute atomic E-state index is 0.0290. The largest absolute Gasteiger partial charge is 0.395 e. The van der Waals surface area contributed by atoms with Gasteiger partial charge in [-0.15, -0.1) is 24.9 Å². The van der Waals surface area contributed by atoms with Gasteiger partial charge in [0, 0.05) is 36.3 Å². The van der Waals surface area contributed by atoms with Crippen LogP contribution in [0.2, 0.25) is 0 Å². The number of aliphatic hydroxyl groups excluding tert-OH is 1. The summed E-state index contributed by atoms with van der Waals surface area (Å²) in [4.78, 5) is 48.4. The molecule has 2 aromatic carbocycles. The average Bonchev–Trinajstić information content (AvgIpc) is 3.55. The van der Waals surface area contributed by atoms with E-state index >= 15 is 0 Å². The number of amides is 3. The van der Waals surface area contributed by atoms with E-state index in [1.54, 1.807) is 38.6 Å². The van der Waals surface area contributed by atoms with Crippen molar-refractivity contribution >= 4 is 40.9 Å². The highest BCUT2D eigenvalue weighted by Crippen LogP contribution is 2.69. The standard InChI is InChI=1S/C33H39N3O4S/c1-6-16-34(24-14-9-8-10-15-24)30(38)26-25-20-23(5)33(41-25)27(26)31(39)36(18-19-37)29(33)32(40)35(17-7-2)28-21(3)12-11-13-22(28)4/h6-15,23,25-27,29,37H,1-2,16-20H2,3-5H3/t23?,25-,26+,27+,29?,33?/m1/s1. The smallest absolute Gasteiger partial charge is 0.251 e. The van der Waals surface area contributed by atoms with Gasteiger partial charge in [-0.25, -0.2) is 0 Å². The second kappa shape index (κ2) is 11.5. The fourth-order valence-corrected chi connectivity index (χ4v) is 9.88. The molecule has 3 amide bonds. The van der Waals surface area contributed by atoms with Gasteiger partial charge in [0.25, 0.3) is 5.91 Å². The van der Waals surface area contributed by atoms with Crippen LogP contribution in [0.15, 0.2) is 73.8 Å². The molecule has 7 nitrogen and oxygen atoms in total. The van der Waals surface area contributed by atoms with Gasteiger partial charge in [-0.05, 0) is 49.4 Å². The highest BCUT2D eigenvalue weighted by molar-refractivity contribution is 8.02. The van der Waals surface area contributed by atoms with Gasteiger partial charge in [-0.3, -0.25) is 14.4 Å². The lowest BCUT2D eigenvalue weighted by atomic mass is 9.65. The Balaban J connectivity index is 1.60. The molecule has 6 atom stereocenters. The predicted molar refractivity (Wildman–Crippen MR) is 165 cm³/mol. The molecule has 3 aliphatic rings. The summed E-state index contributed by atoms with van der Waals surface area (Å²) in [7, 11) is 0. The number of likely N-dealkylation sites (tertiary alicyclic amines) is 1. The molecule has 0 aromatic heterocycles. The third-order valence-corrected chi connectivity index (χ3v) is 11.1. The number of fused-ring (bicyclic) bond motifs is 1. The Bertz CT molecular complexity index is 1340. The van der Waals surface area contributed by atoms with Crippen LogP contribution in [-0.4, -0.2) is 70.0 Å². The highest BCUT2D eigenvalue weighted by atomic mass is 32.2. The zero-order valence-corrected chi connectivity index (χ0v) is 24.8. The van der Waals surface area contributed by atoms with Crippen molar-refractivity contribution in [1.29, 1.82) is 0 Å². The van der Waals surface area contributed by atoms with E-state index in [1.165, 1.54) is 0 Å². The maximum Gasteiger partial charge on any atom is 0.251 e. The van der Waals surface area contributed by atoms with Crippen molar-refractivity contribution in [2.45, 2.75) is 43.2 Å². The van der Waals surface area contributed by atoms with Crippen molar-refractivity contribution in [3.05, 3.63) is 85.0 Å². The average molecular weight is 574 g/mol. The molecule has 41 heavy (non-hydrogen) atoms. The van der Waals surface area contributed by atoms with Crippen LogP contribution in [0.25, 0.3) is 0 Å². The van der Waals surface area contributed by atoms with Gasteiger partial charge in [-0.2, -0.15) is 0 Å². The number of rotatable bonds is 10. The molecule has 1 N–H and O–H groups in total. The Morgan fingerprint density at radius 2 is 1.66 bits per heavy atom. The summed E-state index contributed by atoms with van der Waals surface area (Å²) in [6, 6.07) is 14.6. The van der Waals surface area contributed by atoms with Gasteiger partial charge >= 0.3 is 0 Å². The number of thioether (sulfide) groups is 1. The van der Waals surface area contributed by atoms with Gasteiger partial charge in [0.1, 0.15) is 6.04 Å². The lowest BCUT2D eigenvalue weighted by molar-refractivity contribution is -0.139. The summed E-state index contributed by atoms with van der Waals surface area (Å²) < 4.78 is -0.777. The van der Waals surface area contributed by atoms with E-state index in [9.17, 15) is 19.5 Å². The van der Waals surface area contributed by atoms with E-state index < -0.39 is 22.6 Å². The van der Waals surface area contributed by atoms with Crippen molar-refractivity contribution in [2.75, 3.05) is 36.0 Å². The number of aryl methyl sites for hydroxylation is 2. The van der Waals surface area contributed by atoms with Crippen molar-refractivity contribution < 1.29 is 19.5 Å². The number of carbonyl (C=O) groups is 3. The van der Waals surface area contributed by atoms with E-state index in [0.29, 0.717) is 6.54 Å². The summed E-state index contributed by atoms with van der Waals surface area (Å²) in [5.74, 6) is -1.73. The Labute approximate surface area is 246 Å². The molecular weight excluding hydrogens is 534 g/mol. The van der Waals surface area contributed by atoms with E-state index in [4.69, 9.17) is 0 Å². The van der Waals surface area contributed by atoms with Gasteiger partial charge < -0.3 is 19.8 Å². The maximum atomic E-state index is 14.8. The van der Waals surface area contributed by atoms with Crippen LogP contribution < -0.4 is 9.80 Å². The minimum Gasteiger partial charge on any atom is -0.395 e. The number of para-hydroxylation sites is 2. The maximum absolute atomic E-state index is 14.8. The Morgan fingerprint density at radius 3 is 2.27 bits per heavy atom. The van der Waals surface area contributed by atoms with Crippen LogP contribution in [-0.2, 0) is 14.4 Å². The molecule has 216 valence electrons. The fraction of sp³-hybridized carbons (Fsp3) is 0.424. The highest BCUT2D eigenvalue weighted by Gasteiger charge is 2.76. The number of hydrogen-bond acceptors (Lipinski definition) is 5. The topological polar surface area (TPSA) is 81.2 Å². The summed E-state index contributed by atoms with van der Waals surface area (Å²) in [6.07, 6.45) is 4.14. The first kappa shape index (κ1) is 29.1. The molecule has 2 bridgehead atoms. The molecule has 5 rings (SSSR count). The van der Waals surface area contributed by atoms with Crippen LogP contribution in [0, 0.1) is 31.6 Å². The van der Waals surface area contributed by atoms with E-state index in [1.807, 2.05) is 62.4 Å². The number of β-amino-alcohol motifs (C(OH)–C–C–N with tert-alkyl or cyclic N) is 1. The summed E-state index contributed by atoms with van der Waals surface area (Å²) in [6.45, 7) is 14.2. The Morgan fingerprint density at radius 1 is 1.02 bits per heavy atom. The first-order chi connectivity index (χ1) is 19.7. The zero-order valence-electron chi connectivity index (χ0n) is 24.0. The Kier molecular flexibility index (Phi) is 8.17. The lowest BCUT2D eigenvalue weighted by Gasteiger charge is -2.41. The molecule has 2 aromatic rings. The lowest BCUT2D eigenvalue weighted by Crippen LogP contribution is -2.58. The van der Waals surface area contributed by atoms with Crippen LogP contribution in [0.5, 0.6) is 0 Å². The normalized spacial score (nSPS) is 28.0. The molecule has 3 saturated heterocycles. The van der Waals surface area contributed by atoms with E-state index in [-0.39, 0.29) is 48.6 Å². The monoisotopic (exact) mass is 573 g/mol. The molecule has 3 unspecified atom stereocenters. The number of hydrogen-bond donors (Lipinski definition) is 1. The second-order valence-electron chi connectivity index (χ2n) is 11.4. The third kappa shape index (κ3) is 4.52. The molecule has 3 aliphatic heterocycles. The predicted octanol–water partition coefficient (Wildman–Crippen LogP) is 4.37. The van der Waals surface area contributed by atoms with Crippen molar-refractivity contribution in [3.8, 4) is 0 Å². The SMILES string of the molecule is C=CCN(C(=O)[C@@H]1[C@H]2C(=O)N(CCO)C(C(=O)N(CC=C)c3c(C)cccc3C)C23S[C@@H]1CC3C)c1ccccc1. The quantitative estimate of drug-likeness (QED) is 0.427. The molecule has 3 fully saturated rings. The number of aliphatic hydroxyl groups is 1. The van der Waals surface area contributed by atoms with Gasteiger partial charge in [0.2, 0.25) is 11.8 Å². The summed E-state index contributed by atoms with van der Waals surface area (Å²) in [5, 5.41) is 9.96.